The van der Waals surface area contributed by atoms with E-state index in [0.717, 1.165) is 5.56 Å². The molecular weight excluding hydrogens is 278 g/mol. The van der Waals surface area contributed by atoms with Gasteiger partial charge in [-0.1, -0.05) is 29.3 Å². The molecule has 2 rings (SSSR count). The van der Waals surface area contributed by atoms with Crippen molar-refractivity contribution in [1.82, 2.24) is 4.98 Å². The molecule has 1 aromatic heterocycles. The average molecular weight is 294 g/mol. The van der Waals surface area contributed by atoms with E-state index in [1.165, 1.54) is 10.5 Å². The van der Waals surface area contributed by atoms with Crippen molar-refractivity contribution in [2.45, 2.75) is 24.3 Å². The number of nitrogens with zero attached hydrogens (tertiary/aromatic N) is 1. The number of rotatable bonds is 5. The number of halogens is 1. The van der Waals surface area contributed by atoms with Gasteiger partial charge in [0.25, 0.3) is 0 Å². The standard InChI is InChI=1S/C15H16ClNOS/c1-11-2-4-14(5-3-11)19-10-13(18)8-12-6-7-17-9-15(12)16/h2-7,9,13,18H,8,10H2,1H3. The van der Waals surface area contributed by atoms with Crippen molar-refractivity contribution in [2.24, 2.45) is 0 Å². The first-order chi connectivity index (χ1) is 9.15. The van der Waals surface area contributed by atoms with Gasteiger partial charge < -0.3 is 5.11 Å². The maximum Gasteiger partial charge on any atom is 0.0674 e. The first kappa shape index (κ1) is 14.4. The molecule has 2 aromatic rings. The van der Waals surface area contributed by atoms with Crippen LogP contribution in [0, 0.1) is 6.92 Å². The third-order valence-electron chi connectivity index (χ3n) is 2.78. The molecule has 0 aliphatic carbocycles. The molecule has 1 heterocycles. The molecule has 0 aliphatic heterocycles. The normalized spacial score (nSPS) is 12.4. The van der Waals surface area contributed by atoms with Crippen LogP contribution in [0.3, 0.4) is 0 Å². The van der Waals surface area contributed by atoms with Crippen LogP contribution < -0.4 is 0 Å². The number of aliphatic hydroxyl groups excluding tert-OH is 1. The summed E-state index contributed by atoms with van der Waals surface area (Å²) in [5.74, 6) is 0.654. The predicted molar refractivity (Wildman–Crippen MR) is 80.9 cm³/mol. The van der Waals surface area contributed by atoms with Crippen LogP contribution in [0.25, 0.3) is 0 Å². The third-order valence-corrected chi connectivity index (χ3v) is 4.27. The van der Waals surface area contributed by atoms with Gasteiger partial charge in [-0.05, 0) is 30.7 Å². The maximum absolute atomic E-state index is 10.0. The van der Waals surface area contributed by atoms with E-state index in [0.29, 0.717) is 17.2 Å². The summed E-state index contributed by atoms with van der Waals surface area (Å²) in [4.78, 5) is 5.11. The zero-order chi connectivity index (χ0) is 13.7. The minimum atomic E-state index is -0.411. The fraction of sp³-hybridized carbons (Fsp3) is 0.267. The second-order valence-corrected chi connectivity index (χ2v) is 5.95. The predicted octanol–water partition coefficient (Wildman–Crippen LogP) is 3.74. The number of thioether (sulfide) groups is 1. The maximum atomic E-state index is 10.0. The van der Waals surface area contributed by atoms with E-state index in [1.54, 1.807) is 24.2 Å². The monoisotopic (exact) mass is 293 g/mol. The number of aromatic nitrogens is 1. The highest BCUT2D eigenvalue weighted by atomic mass is 35.5. The molecule has 1 N–H and O–H groups in total. The number of hydrogen-bond acceptors (Lipinski definition) is 3. The summed E-state index contributed by atoms with van der Waals surface area (Å²) in [6.07, 6.45) is 3.45. The van der Waals surface area contributed by atoms with Gasteiger partial charge in [0.1, 0.15) is 0 Å². The first-order valence-electron chi connectivity index (χ1n) is 6.11. The van der Waals surface area contributed by atoms with Crippen molar-refractivity contribution in [1.29, 1.82) is 0 Å². The van der Waals surface area contributed by atoms with Crippen molar-refractivity contribution in [3.8, 4) is 0 Å². The molecule has 0 saturated carbocycles. The summed E-state index contributed by atoms with van der Waals surface area (Å²) in [6, 6.07) is 10.2. The molecule has 0 fully saturated rings. The number of aliphatic hydroxyl groups is 1. The first-order valence-corrected chi connectivity index (χ1v) is 7.47. The lowest BCUT2D eigenvalue weighted by Gasteiger charge is -2.11. The largest absolute Gasteiger partial charge is 0.392 e. The second-order valence-electron chi connectivity index (χ2n) is 4.45. The molecule has 0 spiro atoms. The van der Waals surface area contributed by atoms with E-state index >= 15 is 0 Å². The van der Waals surface area contributed by atoms with Gasteiger partial charge in [0.05, 0.1) is 11.1 Å². The zero-order valence-corrected chi connectivity index (χ0v) is 12.3. The van der Waals surface area contributed by atoms with Crippen LogP contribution in [-0.4, -0.2) is 21.9 Å². The Kier molecular flexibility index (Phi) is 5.25. The Hall–Kier alpha value is -1.03. The van der Waals surface area contributed by atoms with Crippen LogP contribution in [0.1, 0.15) is 11.1 Å². The average Bonchev–Trinajstić information content (AvgIpc) is 2.41. The highest BCUT2D eigenvalue weighted by Gasteiger charge is 2.09. The second kappa shape index (κ2) is 6.94. The van der Waals surface area contributed by atoms with E-state index < -0.39 is 6.10 Å². The summed E-state index contributed by atoms with van der Waals surface area (Å²) < 4.78 is 0. The molecule has 0 saturated heterocycles. The van der Waals surface area contributed by atoms with E-state index in [4.69, 9.17) is 11.6 Å². The molecule has 19 heavy (non-hydrogen) atoms. The van der Waals surface area contributed by atoms with Gasteiger partial charge in [-0.2, -0.15) is 0 Å². The van der Waals surface area contributed by atoms with E-state index in [1.807, 2.05) is 6.07 Å². The van der Waals surface area contributed by atoms with Crippen LogP contribution in [0.4, 0.5) is 0 Å². The molecule has 1 unspecified atom stereocenters. The summed E-state index contributed by atoms with van der Waals surface area (Å²) >= 11 is 7.68. The van der Waals surface area contributed by atoms with Crippen molar-refractivity contribution < 1.29 is 5.11 Å². The fourth-order valence-electron chi connectivity index (χ4n) is 1.71. The smallest absolute Gasteiger partial charge is 0.0674 e. The number of hydrogen-bond donors (Lipinski definition) is 1. The van der Waals surface area contributed by atoms with Crippen LogP contribution in [-0.2, 0) is 6.42 Å². The van der Waals surface area contributed by atoms with Gasteiger partial charge in [0.2, 0.25) is 0 Å². The lowest BCUT2D eigenvalue weighted by molar-refractivity contribution is 0.200. The molecule has 2 nitrogen and oxygen atoms in total. The Morgan fingerprint density at radius 3 is 2.68 bits per heavy atom. The minimum Gasteiger partial charge on any atom is -0.392 e. The van der Waals surface area contributed by atoms with Crippen LogP contribution >= 0.6 is 23.4 Å². The molecule has 1 atom stereocenters. The van der Waals surface area contributed by atoms with E-state index in [2.05, 4.69) is 36.2 Å². The van der Waals surface area contributed by atoms with Gasteiger partial charge in [-0.15, -0.1) is 11.8 Å². The molecule has 0 amide bonds. The molecule has 0 bridgehead atoms. The molecule has 0 aliphatic rings. The van der Waals surface area contributed by atoms with Crippen LogP contribution in [0.2, 0.25) is 5.02 Å². The third kappa shape index (κ3) is 4.53. The Bertz CT molecular complexity index is 530. The SMILES string of the molecule is Cc1ccc(SCC(O)Cc2ccncc2Cl)cc1. The molecule has 1 aromatic carbocycles. The summed E-state index contributed by atoms with van der Waals surface area (Å²) in [7, 11) is 0. The van der Waals surface area contributed by atoms with Crippen LogP contribution in [0.15, 0.2) is 47.6 Å². The highest BCUT2D eigenvalue weighted by molar-refractivity contribution is 7.99. The Morgan fingerprint density at radius 1 is 1.26 bits per heavy atom. The van der Waals surface area contributed by atoms with Crippen LogP contribution in [0.5, 0.6) is 0 Å². The number of benzene rings is 1. The van der Waals surface area contributed by atoms with Crippen molar-refractivity contribution in [3.63, 3.8) is 0 Å². The highest BCUT2D eigenvalue weighted by Crippen LogP contribution is 2.21. The number of aryl methyl sites for hydroxylation is 1. The topological polar surface area (TPSA) is 33.1 Å². The number of pyridine rings is 1. The quantitative estimate of drug-likeness (QED) is 0.853. The Morgan fingerprint density at radius 2 is 2.00 bits per heavy atom. The van der Waals surface area contributed by atoms with E-state index in [-0.39, 0.29) is 0 Å². The van der Waals surface area contributed by atoms with E-state index in [9.17, 15) is 5.11 Å². The molecule has 4 heteroatoms. The molecule has 0 radical (unpaired) electrons. The van der Waals surface area contributed by atoms with Gasteiger partial charge in [0, 0.05) is 29.5 Å². The van der Waals surface area contributed by atoms with Gasteiger partial charge in [-0.3, -0.25) is 4.98 Å². The van der Waals surface area contributed by atoms with Crippen molar-refractivity contribution in [3.05, 3.63) is 58.9 Å². The Labute approximate surface area is 122 Å². The van der Waals surface area contributed by atoms with Crippen molar-refractivity contribution in [2.75, 3.05) is 5.75 Å². The lowest BCUT2D eigenvalue weighted by atomic mass is 10.1. The van der Waals surface area contributed by atoms with Crippen molar-refractivity contribution >= 4 is 23.4 Å². The molecular formula is C15H16ClNOS. The van der Waals surface area contributed by atoms with Gasteiger partial charge in [-0.25, -0.2) is 0 Å². The summed E-state index contributed by atoms with van der Waals surface area (Å²) in [5.41, 5.74) is 2.18. The van der Waals surface area contributed by atoms with Gasteiger partial charge >= 0.3 is 0 Å². The summed E-state index contributed by atoms with van der Waals surface area (Å²) in [5, 5.41) is 10.7. The fourth-order valence-corrected chi connectivity index (χ4v) is 2.74. The summed E-state index contributed by atoms with van der Waals surface area (Å²) in [6.45, 7) is 2.06. The molecule has 100 valence electrons. The van der Waals surface area contributed by atoms with Gasteiger partial charge in [0.15, 0.2) is 0 Å². The zero-order valence-electron chi connectivity index (χ0n) is 10.7. The Balaban J connectivity index is 1.86. The lowest BCUT2D eigenvalue weighted by Crippen LogP contribution is -2.13. The minimum absolute atomic E-state index is 0.411.